The first-order chi connectivity index (χ1) is 10.7. The van der Waals surface area contributed by atoms with Gasteiger partial charge in [0.15, 0.2) is 5.43 Å². The van der Waals surface area contributed by atoms with Crippen molar-refractivity contribution in [1.29, 1.82) is 0 Å². The zero-order valence-electron chi connectivity index (χ0n) is 14.5. The van der Waals surface area contributed by atoms with Gasteiger partial charge in [0.05, 0.1) is 0 Å². The molecule has 126 valence electrons. The SMILES string of the molecule is Cc1cc(=O)c(C(=O)N2CCN(CC(C)C)C(=O)[C@@H]2C)cn1C. The summed E-state index contributed by atoms with van der Waals surface area (Å²) in [5.74, 6) is -0.0318. The van der Waals surface area contributed by atoms with Gasteiger partial charge in [0.2, 0.25) is 5.91 Å². The second-order valence-corrected chi connectivity index (χ2v) is 6.66. The minimum absolute atomic E-state index is 0.0535. The Morgan fingerprint density at radius 3 is 2.57 bits per heavy atom. The van der Waals surface area contributed by atoms with Crippen LogP contribution in [0.1, 0.15) is 36.8 Å². The van der Waals surface area contributed by atoms with E-state index in [1.165, 1.54) is 11.0 Å². The summed E-state index contributed by atoms with van der Waals surface area (Å²) < 4.78 is 1.75. The molecule has 0 aromatic carbocycles. The predicted octanol–water partition coefficient (Wildman–Crippen LogP) is 1.02. The van der Waals surface area contributed by atoms with Gasteiger partial charge >= 0.3 is 0 Å². The molecule has 1 aliphatic heterocycles. The molecule has 0 saturated carbocycles. The Balaban J connectivity index is 2.23. The highest BCUT2D eigenvalue weighted by atomic mass is 16.2. The van der Waals surface area contributed by atoms with E-state index >= 15 is 0 Å². The Labute approximate surface area is 136 Å². The third kappa shape index (κ3) is 3.46. The zero-order chi connectivity index (χ0) is 17.3. The van der Waals surface area contributed by atoms with Crippen LogP contribution in [0.15, 0.2) is 17.1 Å². The molecule has 1 fully saturated rings. The second-order valence-electron chi connectivity index (χ2n) is 6.66. The van der Waals surface area contributed by atoms with Crippen LogP contribution in [-0.2, 0) is 11.8 Å². The lowest BCUT2D eigenvalue weighted by atomic mass is 10.1. The number of aryl methyl sites for hydroxylation is 2. The van der Waals surface area contributed by atoms with Crippen molar-refractivity contribution < 1.29 is 9.59 Å². The predicted molar refractivity (Wildman–Crippen MR) is 88.3 cm³/mol. The van der Waals surface area contributed by atoms with Crippen LogP contribution in [0.4, 0.5) is 0 Å². The standard InChI is InChI=1S/C17H25N3O3/c1-11(2)9-19-6-7-20(13(4)16(19)22)17(23)14-10-18(5)12(3)8-15(14)21/h8,10-11,13H,6-7,9H2,1-5H3/t13-/m0/s1. The molecular formula is C17H25N3O3. The van der Waals surface area contributed by atoms with Gasteiger partial charge in [0.25, 0.3) is 5.91 Å². The molecule has 6 nitrogen and oxygen atoms in total. The van der Waals surface area contributed by atoms with Gasteiger partial charge < -0.3 is 14.4 Å². The van der Waals surface area contributed by atoms with Gasteiger partial charge in [-0.2, -0.15) is 0 Å². The Bertz CT molecular complexity index is 678. The fourth-order valence-corrected chi connectivity index (χ4v) is 2.87. The maximum atomic E-state index is 12.7. The number of piperazine rings is 1. The number of carbonyl (C=O) groups is 2. The van der Waals surface area contributed by atoms with E-state index in [0.717, 1.165) is 5.69 Å². The van der Waals surface area contributed by atoms with Crippen LogP contribution in [0.2, 0.25) is 0 Å². The van der Waals surface area contributed by atoms with Gasteiger partial charge in [-0.3, -0.25) is 14.4 Å². The van der Waals surface area contributed by atoms with Crippen molar-refractivity contribution in [1.82, 2.24) is 14.4 Å². The Hall–Kier alpha value is -2.11. The van der Waals surface area contributed by atoms with E-state index in [0.29, 0.717) is 25.6 Å². The number of amides is 2. The van der Waals surface area contributed by atoms with Crippen LogP contribution in [0.25, 0.3) is 0 Å². The first kappa shape index (κ1) is 17.2. The molecule has 0 radical (unpaired) electrons. The summed E-state index contributed by atoms with van der Waals surface area (Å²) in [5.41, 5.74) is 0.613. The number of pyridine rings is 1. The van der Waals surface area contributed by atoms with E-state index in [-0.39, 0.29) is 22.8 Å². The molecule has 23 heavy (non-hydrogen) atoms. The van der Waals surface area contributed by atoms with E-state index in [1.807, 2.05) is 6.92 Å². The van der Waals surface area contributed by atoms with Gasteiger partial charge in [-0.15, -0.1) is 0 Å². The van der Waals surface area contributed by atoms with E-state index in [1.54, 1.807) is 29.6 Å². The van der Waals surface area contributed by atoms with Crippen molar-refractivity contribution >= 4 is 11.8 Å². The van der Waals surface area contributed by atoms with Crippen LogP contribution in [0, 0.1) is 12.8 Å². The van der Waals surface area contributed by atoms with Crippen LogP contribution < -0.4 is 5.43 Å². The fraction of sp³-hybridized carbons (Fsp3) is 0.588. The van der Waals surface area contributed by atoms with Gasteiger partial charge in [-0.05, 0) is 19.8 Å². The number of hydrogen-bond donors (Lipinski definition) is 0. The Kier molecular flexibility index (Phi) is 4.92. The Morgan fingerprint density at radius 2 is 1.96 bits per heavy atom. The van der Waals surface area contributed by atoms with Crippen molar-refractivity contribution in [2.75, 3.05) is 19.6 Å². The minimum atomic E-state index is -0.541. The largest absolute Gasteiger partial charge is 0.354 e. The van der Waals surface area contributed by atoms with Crippen LogP contribution >= 0.6 is 0 Å². The molecule has 1 saturated heterocycles. The number of rotatable bonds is 3. The molecule has 1 atom stereocenters. The fourth-order valence-electron chi connectivity index (χ4n) is 2.87. The number of aromatic nitrogens is 1. The first-order valence-electron chi connectivity index (χ1n) is 7.99. The van der Waals surface area contributed by atoms with Crippen molar-refractivity contribution in [3.63, 3.8) is 0 Å². The molecule has 1 aromatic heterocycles. The minimum Gasteiger partial charge on any atom is -0.354 e. The van der Waals surface area contributed by atoms with Crippen molar-refractivity contribution in [2.24, 2.45) is 13.0 Å². The van der Waals surface area contributed by atoms with Gasteiger partial charge in [0.1, 0.15) is 11.6 Å². The van der Waals surface area contributed by atoms with E-state index in [4.69, 9.17) is 0 Å². The van der Waals surface area contributed by atoms with Gasteiger partial charge in [-0.25, -0.2) is 0 Å². The summed E-state index contributed by atoms with van der Waals surface area (Å²) in [6.07, 6.45) is 1.55. The molecule has 0 spiro atoms. The molecule has 2 rings (SSSR count). The summed E-state index contributed by atoms with van der Waals surface area (Å²) in [4.78, 5) is 40.6. The average molecular weight is 319 g/mol. The maximum absolute atomic E-state index is 12.7. The normalized spacial score (nSPS) is 18.7. The summed E-state index contributed by atoms with van der Waals surface area (Å²) in [6.45, 7) is 9.32. The molecule has 0 bridgehead atoms. The monoisotopic (exact) mass is 319 g/mol. The highest BCUT2D eigenvalue weighted by Gasteiger charge is 2.35. The smallest absolute Gasteiger partial charge is 0.260 e. The molecule has 2 amide bonds. The number of hydrogen-bond acceptors (Lipinski definition) is 3. The van der Waals surface area contributed by atoms with Crippen molar-refractivity contribution in [2.45, 2.75) is 33.7 Å². The van der Waals surface area contributed by atoms with Crippen LogP contribution in [0.3, 0.4) is 0 Å². The van der Waals surface area contributed by atoms with E-state index in [9.17, 15) is 14.4 Å². The zero-order valence-corrected chi connectivity index (χ0v) is 14.5. The number of nitrogens with zero attached hydrogens (tertiary/aromatic N) is 3. The van der Waals surface area contributed by atoms with Crippen LogP contribution in [0.5, 0.6) is 0 Å². The quantitative estimate of drug-likeness (QED) is 0.836. The molecular weight excluding hydrogens is 294 g/mol. The molecule has 0 unspecified atom stereocenters. The first-order valence-corrected chi connectivity index (χ1v) is 7.99. The summed E-state index contributed by atoms with van der Waals surface area (Å²) >= 11 is 0. The third-order valence-electron chi connectivity index (χ3n) is 4.31. The average Bonchev–Trinajstić information content (AvgIpc) is 2.47. The second kappa shape index (κ2) is 6.56. The summed E-state index contributed by atoms with van der Waals surface area (Å²) in [5, 5.41) is 0. The molecule has 0 aliphatic carbocycles. The topological polar surface area (TPSA) is 62.6 Å². The summed E-state index contributed by atoms with van der Waals surface area (Å²) in [6, 6.07) is 0.912. The lowest BCUT2D eigenvalue weighted by molar-refractivity contribution is -0.140. The van der Waals surface area contributed by atoms with Gasteiger partial charge in [-0.1, -0.05) is 13.8 Å². The van der Waals surface area contributed by atoms with Crippen molar-refractivity contribution in [3.05, 3.63) is 33.7 Å². The maximum Gasteiger partial charge on any atom is 0.260 e. The molecule has 0 N–H and O–H groups in total. The molecule has 1 aliphatic rings. The lowest BCUT2D eigenvalue weighted by Crippen LogP contribution is -2.58. The molecule has 1 aromatic rings. The third-order valence-corrected chi connectivity index (χ3v) is 4.31. The highest BCUT2D eigenvalue weighted by molar-refractivity contribution is 5.97. The highest BCUT2D eigenvalue weighted by Crippen LogP contribution is 2.15. The van der Waals surface area contributed by atoms with E-state index in [2.05, 4.69) is 13.8 Å². The van der Waals surface area contributed by atoms with Crippen molar-refractivity contribution in [3.8, 4) is 0 Å². The van der Waals surface area contributed by atoms with Crippen LogP contribution in [-0.4, -0.2) is 51.9 Å². The van der Waals surface area contributed by atoms with Gasteiger partial charge in [0, 0.05) is 44.6 Å². The van der Waals surface area contributed by atoms with E-state index < -0.39 is 6.04 Å². The Morgan fingerprint density at radius 1 is 1.30 bits per heavy atom. The molecule has 2 heterocycles. The molecule has 6 heteroatoms. The number of carbonyl (C=O) groups excluding carboxylic acids is 2. The lowest BCUT2D eigenvalue weighted by Gasteiger charge is -2.39. The summed E-state index contributed by atoms with van der Waals surface area (Å²) in [7, 11) is 1.79.